The van der Waals surface area contributed by atoms with Crippen LogP contribution in [0.4, 0.5) is 4.70 Å². The number of unbranched alkanes of at least 4 members (excludes halogenated alkanes) is 2. The second-order valence-corrected chi connectivity index (χ2v) is 8.95. The second-order valence-electron chi connectivity index (χ2n) is 7.35. The minimum atomic E-state index is -4.76. The molecule has 0 fully saturated rings. The normalized spacial score (nSPS) is 13.5. The minimum absolute atomic E-state index is 0. The molecule has 0 heterocycles. The Labute approximate surface area is 220 Å². The Kier molecular flexibility index (Phi) is 27.5. The third-order valence-electron chi connectivity index (χ3n) is 5.00. The molecule has 0 saturated heterocycles. The van der Waals surface area contributed by atoms with Crippen molar-refractivity contribution >= 4 is 69.0 Å². The summed E-state index contributed by atoms with van der Waals surface area (Å²) >= 11 is 0. The predicted octanol–water partition coefficient (Wildman–Crippen LogP) is 2.47. The first-order valence-corrected chi connectivity index (χ1v) is 12.0. The van der Waals surface area contributed by atoms with E-state index >= 15 is 0 Å². The van der Waals surface area contributed by atoms with Crippen molar-refractivity contribution < 1.29 is 36.7 Å². The summed E-state index contributed by atoms with van der Waals surface area (Å²) in [5.74, 6) is -1.61. The maximum atomic E-state index is 12.2. The van der Waals surface area contributed by atoms with Crippen LogP contribution in [-0.2, 0) is 29.2 Å². The first-order chi connectivity index (χ1) is 13.2. The zero-order valence-electron chi connectivity index (χ0n) is 18.2. The maximum absolute atomic E-state index is 12.2. The zero-order chi connectivity index (χ0) is 21.6. The van der Waals surface area contributed by atoms with Crippen molar-refractivity contribution in [1.82, 2.24) is 0 Å². The molecule has 0 aromatic rings. The van der Waals surface area contributed by atoms with Gasteiger partial charge in [0.05, 0.1) is 19.6 Å². The summed E-state index contributed by atoms with van der Waals surface area (Å²) in [4.78, 5) is 24.2. The molecule has 182 valence electrons. The molecule has 31 heavy (non-hydrogen) atoms. The SMILES string of the molecule is CCCCC(CC)COC(=O)CC(C(=O)OCC(CC)CCCC)S(=O)(=O)O.F.[AlH3].[NaH]. The number of ether oxygens (including phenoxy) is 2. The van der Waals surface area contributed by atoms with E-state index < -0.39 is 33.7 Å². The molecular formula is C20H43AlFNaO7S. The average Bonchev–Trinajstić information content (AvgIpc) is 2.65. The van der Waals surface area contributed by atoms with Crippen LogP contribution >= 0.6 is 0 Å². The van der Waals surface area contributed by atoms with Gasteiger partial charge in [-0.25, -0.2) is 0 Å². The fraction of sp³-hybridized carbons (Fsp3) is 0.900. The van der Waals surface area contributed by atoms with Gasteiger partial charge in [-0.1, -0.05) is 66.2 Å². The summed E-state index contributed by atoms with van der Waals surface area (Å²) in [7, 11) is -4.76. The summed E-state index contributed by atoms with van der Waals surface area (Å²) in [5.41, 5.74) is 0. The summed E-state index contributed by atoms with van der Waals surface area (Å²) in [6, 6.07) is 0. The molecule has 0 spiro atoms. The Bertz CT molecular complexity index is 564. The molecule has 3 unspecified atom stereocenters. The Hall–Kier alpha value is 0.312. The van der Waals surface area contributed by atoms with Gasteiger partial charge in [0.15, 0.2) is 22.6 Å². The van der Waals surface area contributed by atoms with E-state index in [2.05, 4.69) is 13.8 Å². The third kappa shape index (κ3) is 18.4. The van der Waals surface area contributed by atoms with Gasteiger partial charge in [-0.05, 0) is 24.7 Å². The first-order valence-electron chi connectivity index (χ1n) is 10.5. The van der Waals surface area contributed by atoms with Gasteiger partial charge < -0.3 is 9.47 Å². The molecule has 0 aromatic heterocycles. The van der Waals surface area contributed by atoms with Crippen LogP contribution in [-0.4, -0.2) is 90.3 Å². The molecule has 0 saturated carbocycles. The van der Waals surface area contributed by atoms with Crippen LogP contribution in [0.5, 0.6) is 0 Å². The van der Waals surface area contributed by atoms with Crippen molar-refractivity contribution in [1.29, 1.82) is 0 Å². The molecule has 0 aliphatic rings. The van der Waals surface area contributed by atoms with Gasteiger partial charge in [-0.3, -0.25) is 18.8 Å². The topological polar surface area (TPSA) is 107 Å². The number of hydrogen-bond acceptors (Lipinski definition) is 6. The van der Waals surface area contributed by atoms with E-state index in [0.29, 0.717) is 0 Å². The van der Waals surface area contributed by atoms with Crippen molar-refractivity contribution in [2.45, 2.75) is 90.7 Å². The molecular weight excluding hydrogens is 453 g/mol. The van der Waals surface area contributed by atoms with Crippen molar-refractivity contribution in [3.05, 3.63) is 0 Å². The number of esters is 2. The quantitative estimate of drug-likeness (QED) is 0.199. The van der Waals surface area contributed by atoms with Crippen LogP contribution in [0.1, 0.15) is 85.5 Å². The van der Waals surface area contributed by atoms with Crippen molar-refractivity contribution in [2.24, 2.45) is 11.8 Å². The van der Waals surface area contributed by atoms with Crippen LogP contribution in [0.15, 0.2) is 0 Å². The Morgan fingerprint density at radius 1 is 0.871 bits per heavy atom. The van der Waals surface area contributed by atoms with Gasteiger partial charge in [0.25, 0.3) is 10.1 Å². The molecule has 11 heteroatoms. The Morgan fingerprint density at radius 3 is 1.65 bits per heavy atom. The number of carbonyl (C=O) groups is 2. The fourth-order valence-electron chi connectivity index (χ4n) is 2.82. The zero-order valence-corrected chi connectivity index (χ0v) is 19.0. The number of hydrogen-bond donors (Lipinski definition) is 1. The first kappa shape index (κ1) is 38.6. The Morgan fingerprint density at radius 2 is 1.29 bits per heavy atom. The van der Waals surface area contributed by atoms with E-state index in [9.17, 15) is 22.6 Å². The fourth-order valence-corrected chi connectivity index (χ4v) is 3.48. The van der Waals surface area contributed by atoms with Gasteiger partial charge in [-0.15, -0.1) is 0 Å². The molecule has 7 nitrogen and oxygen atoms in total. The van der Waals surface area contributed by atoms with E-state index in [1.54, 1.807) is 0 Å². The van der Waals surface area contributed by atoms with Gasteiger partial charge >= 0.3 is 41.5 Å². The van der Waals surface area contributed by atoms with Crippen LogP contribution in [0.2, 0.25) is 0 Å². The molecule has 0 aliphatic carbocycles. The second kappa shape index (κ2) is 22.1. The monoisotopic (exact) mass is 496 g/mol. The van der Waals surface area contributed by atoms with Crippen LogP contribution < -0.4 is 0 Å². The standard InChI is InChI=1S/C20H38O7S.Al.FH.Na.4H/c1-5-9-11-16(7-3)14-26-19(21)13-18(28(23,24)25)20(22)27-15-17(8-4)12-10-6-2;;;;;;;/h16-18H,5-15H2,1-4H3,(H,23,24,25);;1H;;;;;. The van der Waals surface area contributed by atoms with Gasteiger partial charge in [-0.2, -0.15) is 8.42 Å². The van der Waals surface area contributed by atoms with Crippen LogP contribution in [0, 0.1) is 11.8 Å². The van der Waals surface area contributed by atoms with E-state index in [-0.39, 0.29) is 76.7 Å². The summed E-state index contributed by atoms with van der Waals surface area (Å²) < 4.78 is 42.8. The van der Waals surface area contributed by atoms with Crippen LogP contribution in [0.3, 0.4) is 0 Å². The molecule has 0 radical (unpaired) electrons. The van der Waals surface area contributed by atoms with Crippen molar-refractivity contribution in [3.63, 3.8) is 0 Å². The van der Waals surface area contributed by atoms with Crippen molar-refractivity contribution in [3.8, 4) is 0 Å². The summed E-state index contributed by atoms with van der Waals surface area (Å²) in [5, 5.41) is -1.95. The van der Waals surface area contributed by atoms with Gasteiger partial charge in [0.1, 0.15) is 0 Å². The Balaban J connectivity index is -0.00000121. The van der Waals surface area contributed by atoms with Crippen molar-refractivity contribution in [2.75, 3.05) is 13.2 Å². The van der Waals surface area contributed by atoms with Gasteiger partial charge in [0, 0.05) is 0 Å². The molecule has 0 aromatic carbocycles. The molecule has 0 amide bonds. The predicted molar refractivity (Wildman–Crippen MR) is 128 cm³/mol. The molecule has 0 bridgehead atoms. The summed E-state index contributed by atoms with van der Waals surface area (Å²) in [6.07, 6.45) is 6.74. The van der Waals surface area contributed by atoms with Crippen LogP contribution in [0.25, 0.3) is 0 Å². The van der Waals surface area contributed by atoms with E-state index in [4.69, 9.17) is 9.47 Å². The molecule has 3 atom stereocenters. The third-order valence-corrected chi connectivity index (χ3v) is 6.08. The molecule has 1 N–H and O–H groups in total. The van der Waals surface area contributed by atoms with E-state index in [0.717, 1.165) is 51.4 Å². The van der Waals surface area contributed by atoms with E-state index in [1.165, 1.54) is 0 Å². The number of halogens is 1. The van der Waals surface area contributed by atoms with E-state index in [1.807, 2.05) is 13.8 Å². The summed E-state index contributed by atoms with van der Waals surface area (Å²) in [6.45, 7) is 8.35. The molecule has 0 rings (SSSR count). The van der Waals surface area contributed by atoms with Gasteiger partial charge in [0.2, 0.25) is 0 Å². The number of carbonyl (C=O) groups excluding carboxylic acids is 2. The molecule has 0 aliphatic heterocycles. The number of rotatable bonds is 16. The average molecular weight is 497 g/mol.